The molecule has 5 heteroatoms. The highest BCUT2D eigenvalue weighted by atomic mass is 35.7. The zero-order valence-corrected chi connectivity index (χ0v) is 14.0. The number of halogens is 1. The van der Waals surface area contributed by atoms with Crippen LogP contribution in [0.1, 0.15) is 44.6 Å². The maximum absolute atomic E-state index is 11.5. The van der Waals surface area contributed by atoms with Crippen LogP contribution < -0.4 is 4.74 Å². The van der Waals surface area contributed by atoms with Gasteiger partial charge in [-0.25, -0.2) is 8.42 Å². The zero-order valence-electron chi connectivity index (χ0n) is 12.5. The van der Waals surface area contributed by atoms with Gasteiger partial charge in [0.05, 0.1) is 12.4 Å². The molecule has 0 spiro atoms. The topological polar surface area (TPSA) is 43.4 Å². The van der Waals surface area contributed by atoms with Crippen molar-refractivity contribution in [2.45, 2.75) is 45.4 Å². The van der Waals surface area contributed by atoms with Gasteiger partial charge in [0, 0.05) is 16.1 Å². The predicted octanol–water partition coefficient (Wildman–Crippen LogP) is 4.15. The number of ether oxygens (including phenoxy) is 1. The number of aryl methyl sites for hydroxylation is 1. The molecule has 1 aromatic rings. The summed E-state index contributed by atoms with van der Waals surface area (Å²) in [4.78, 5) is 0. The molecule has 0 heterocycles. The second-order valence-electron chi connectivity index (χ2n) is 6.03. The second-order valence-corrected chi connectivity index (χ2v) is 8.81. The van der Waals surface area contributed by atoms with Gasteiger partial charge >= 0.3 is 0 Å². The van der Waals surface area contributed by atoms with Gasteiger partial charge in [0.1, 0.15) is 5.75 Å². The lowest BCUT2D eigenvalue weighted by molar-refractivity contribution is 0.119. The van der Waals surface area contributed by atoms with E-state index in [1.807, 2.05) is 18.2 Å². The Labute approximate surface area is 132 Å². The molecule has 0 bridgehead atoms. The molecule has 1 aliphatic carbocycles. The van der Waals surface area contributed by atoms with E-state index >= 15 is 0 Å². The van der Waals surface area contributed by atoms with Crippen LogP contribution >= 0.6 is 10.7 Å². The van der Waals surface area contributed by atoms with E-state index in [1.165, 1.54) is 5.56 Å². The van der Waals surface area contributed by atoms with Crippen LogP contribution in [0.25, 0.3) is 0 Å². The highest BCUT2D eigenvalue weighted by Crippen LogP contribution is 2.38. The first kappa shape index (κ1) is 16.6. The van der Waals surface area contributed by atoms with Crippen LogP contribution in [0.5, 0.6) is 5.75 Å². The zero-order chi connectivity index (χ0) is 15.3. The Morgan fingerprint density at radius 3 is 2.57 bits per heavy atom. The van der Waals surface area contributed by atoms with Gasteiger partial charge in [-0.1, -0.05) is 38.3 Å². The average Bonchev–Trinajstić information content (AvgIpc) is 2.45. The molecule has 1 aliphatic rings. The molecular formula is C16H23ClO3S. The lowest BCUT2D eigenvalue weighted by atomic mass is 9.76. The molecule has 0 saturated heterocycles. The summed E-state index contributed by atoms with van der Waals surface area (Å²) in [7, 11) is 1.99. The molecule has 21 heavy (non-hydrogen) atoms. The van der Waals surface area contributed by atoms with Crippen LogP contribution in [0, 0.1) is 5.41 Å². The summed E-state index contributed by atoms with van der Waals surface area (Å²) in [5.74, 6) is 0.820. The molecule has 0 unspecified atom stereocenters. The van der Waals surface area contributed by atoms with E-state index in [-0.39, 0.29) is 11.2 Å². The van der Waals surface area contributed by atoms with E-state index in [0.717, 1.165) is 44.3 Å². The van der Waals surface area contributed by atoms with Gasteiger partial charge < -0.3 is 4.74 Å². The minimum Gasteiger partial charge on any atom is -0.493 e. The molecule has 0 aliphatic heterocycles. The fraction of sp³-hybridized carbons (Fsp3) is 0.625. The highest BCUT2D eigenvalue weighted by molar-refractivity contribution is 8.13. The Bertz CT molecular complexity index is 563. The van der Waals surface area contributed by atoms with E-state index in [2.05, 4.69) is 13.0 Å². The Hall–Kier alpha value is -0.740. The second kappa shape index (κ2) is 7.01. The highest BCUT2D eigenvalue weighted by Gasteiger charge is 2.37. The van der Waals surface area contributed by atoms with E-state index in [0.29, 0.717) is 6.61 Å². The van der Waals surface area contributed by atoms with Crippen LogP contribution in [0.15, 0.2) is 24.3 Å². The molecule has 1 aromatic carbocycles. The first-order valence-electron chi connectivity index (χ1n) is 7.57. The van der Waals surface area contributed by atoms with Crippen LogP contribution in [0.2, 0.25) is 0 Å². The number of hydrogen-bond acceptors (Lipinski definition) is 3. The fourth-order valence-corrected chi connectivity index (χ4v) is 4.89. The first-order valence-corrected chi connectivity index (χ1v) is 10.0. The van der Waals surface area contributed by atoms with Crippen molar-refractivity contribution in [2.75, 3.05) is 12.4 Å². The van der Waals surface area contributed by atoms with Gasteiger partial charge in [0.25, 0.3) is 0 Å². The van der Waals surface area contributed by atoms with Crippen LogP contribution in [-0.2, 0) is 15.5 Å². The Morgan fingerprint density at radius 2 is 1.95 bits per heavy atom. The van der Waals surface area contributed by atoms with Gasteiger partial charge in [-0.3, -0.25) is 0 Å². The quantitative estimate of drug-likeness (QED) is 0.736. The molecule has 118 valence electrons. The standard InChI is InChI=1S/C16H23ClO3S/c1-2-14-7-6-8-15(11-14)20-12-16(13-21(17,18)19)9-4-3-5-10-16/h6-8,11H,2-5,9-10,12-13H2,1H3. The van der Waals surface area contributed by atoms with Gasteiger partial charge in [-0.05, 0) is 37.0 Å². The fourth-order valence-electron chi connectivity index (χ4n) is 3.09. The van der Waals surface area contributed by atoms with Crippen molar-refractivity contribution in [3.05, 3.63) is 29.8 Å². The molecule has 2 rings (SSSR count). The lowest BCUT2D eigenvalue weighted by Crippen LogP contribution is -2.36. The van der Waals surface area contributed by atoms with Gasteiger partial charge in [-0.2, -0.15) is 0 Å². The molecule has 0 aromatic heterocycles. The summed E-state index contributed by atoms with van der Waals surface area (Å²) in [5.41, 5.74) is 0.885. The molecule has 0 atom stereocenters. The SMILES string of the molecule is CCc1cccc(OCC2(CS(=O)(=O)Cl)CCCCC2)c1. The summed E-state index contributed by atoms with van der Waals surface area (Å²) in [5, 5.41) is 0. The van der Waals surface area contributed by atoms with Gasteiger partial charge in [0.2, 0.25) is 9.05 Å². The third-order valence-electron chi connectivity index (χ3n) is 4.24. The van der Waals surface area contributed by atoms with Gasteiger partial charge in [-0.15, -0.1) is 0 Å². The van der Waals surface area contributed by atoms with Crippen molar-refractivity contribution in [1.29, 1.82) is 0 Å². The molecule has 3 nitrogen and oxygen atoms in total. The number of benzene rings is 1. The third-order valence-corrected chi connectivity index (χ3v) is 5.53. The van der Waals surface area contributed by atoms with Crippen molar-refractivity contribution in [3.8, 4) is 5.75 Å². The summed E-state index contributed by atoms with van der Waals surface area (Å²) in [6.45, 7) is 2.52. The van der Waals surface area contributed by atoms with Crippen molar-refractivity contribution in [1.82, 2.24) is 0 Å². The minimum atomic E-state index is -3.51. The molecule has 0 N–H and O–H groups in total. The van der Waals surface area contributed by atoms with Crippen LogP contribution in [-0.4, -0.2) is 20.8 Å². The minimum absolute atomic E-state index is 0.00895. The van der Waals surface area contributed by atoms with Crippen LogP contribution in [0.4, 0.5) is 0 Å². The largest absolute Gasteiger partial charge is 0.493 e. The van der Waals surface area contributed by atoms with E-state index in [9.17, 15) is 8.42 Å². The Kier molecular flexibility index (Phi) is 5.55. The number of rotatable bonds is 6. The third kappa shape index (κ3) is 5.19. The van der Waals surface area contributed by atoms with Gasteiger partial charge in [0.15, 0.2) is 0 Å². The maximum Gasteiger partial charge on any atom is 0.233 e. The van der Waals surface area contributed by atoms with Crippen molar-refractivity contribution in [2.24, 2.45) is 5.41 Å². The normalized spacial score (nSPS) is 18.4. The van der Waals surface area contributed by atoms with Crippen molar-refractivity contribution < 1.29 is 13.2 Å². The Morgan fingerprint density at radius 1 is 1.24 bits per heavy atom. The summed E-state index contributed by atoms with van der Waals surface area (Å²) >= 11 is 0. The predicted molar refractivity (Wildman–Crippen MR) is 86.5 cm³/mol. The van der Waals surface area contributed by atoms with Crippen molar-refractivity contribution >= 4 is 19.7 Å². The summed E-state index contributed by atoms with van der Waals surface area (Å²) in [6.07, 6.45) is 5.95. The first-order chi connectivity index (χ1) is 9.92. The molecule has 1 fully saturated rings. The van der Waals surface area contributed by atoms with E-state index in [4.69, 9.17) is 15.4 Å². The molecule has 0 radical (unpaired) electrons. The average molecular weight is 331 g/mol. The molecule has 0 amide bonds. The molecule has 1 saturated carbocycles. The lowest BCUT2D eigenvalue weighted by Gasteiger charge is -2.35. The van der Waals surface area contributed by atoms with E-state index in [1.54, 1.807) is 0 Å². The maximum atomic E-state index is 11.5. The van der Waals surface area contributed by atoms with Crippen LogP contribution in [0.3, 0.4) is 0 Å². The Balaban J connectivity index is 2.08. The smallest absolute Gasteiger partial charge is 0.233 e. The summed E-state index contributed by atoms with van der Waals surface area (Å²) in [6, 6.07) is 7.98. The van der Waals surface area contributed by atoms with Crippen molar-refractivity contribution in [3.63, 3.8) is 0 Å². The monoisotopic (exact) mass is 330 g/mol. The number of hydrogen-bond donors (Lipinski definition) is 0. The molecular weight excluding hydrogens is 308 g/mol. The summed E-state index contributed by atoms with van der Waals surface area (Å²) < 4.78 is 29.0. The van der Waals surface area contributed by atoms with E-state index < -0.39 is 9.05 Å².